The molecular weight excluding hydrogens is 262 g/mol. The molecule has 72 valence electrons. The molecule has 4 heteroatoms. The fourth-order valence-corrected chi connectivity index (χ4v) is 2.68. The van der Waals surface area contributed by atoms with Crippen LogP contribution in [-0.2, 0) is 0 Å². The van der Waals surface area contributed by atoms with Gasteiger partial charge in [0.1, 0.15) is 0 Å². The first-order valence-corrected chi connectivity index (χ1v) is 5.73. The van der Waals surface area contributed by atoms with E-state index in [0.717, 1.165) is 14.2 Å². The smallest absolute Gasteiger partial charge is 0.204 e. The third-order valence-electron chi connectivity index (χ3n) is 1.94. The predicted molar refractivity (Wildman–Crippen MR) is 61.0 cm³/mol. The second-order valence-electron chi connectivity index (χ2n) is 3.00. The molecule has 0 spiro atoms. The zero-order chi connectivity index (χ0) is 10.1. The maximum atomic E-state index is 11.8. The maximum Gasteiger partial charge on any atom is 0.204 e. The third kappa shape index (κ3) is 1.67. The lowest BCUT2D eigenvalue weighted by atomic mass is 10.2. The summed E-state index contributed by atoms with van der Waals surface area (Å²) < 4.78 is 1.02. The van der Waals surface area contributed by atoms with E-state index in [1.54, 1.807) is 18.5 Å². The predicted octanol–water partition coefficient (Wildman–Crippen LogP) is 3.38. The zero-order valence-corrected chi connectivity index (χ0v) is 9.91. The van der Waals surface area contributed by atoms with Gasteiger partial charge in [0.2, 0.25) is 5.78 Å². The van der Waals surface area contributed by atoms with E-state index in [1.165, 1.54) is 11.3 Å². The lowest BCUT2D eigenvalue weighted by Gasteiger charge is -1.90. The summed E-state index contributed by atoms with van der Waals surface area (Å²) in [4.78, 5) is 15.5. The van der Waals surface area contributed by atoms with Gasteiger partial charge in [-0.25, -0.2) is 0 Å². The molecule has 0 bridgehead atoms. The number of H-pyrrole nitrogens is 1. The minimum Gasteiger partial charge on any atom is -0.367 e. The molecule has 1 N–H and O–H groups in total. The third-order valence-corrected chi connectivity index (χ3v) is 4.08. The fourth-order valence-electron chi connectivity index (χ4n) is 1.18. The number of aryl methyl sites for hydroxylation is 1. The van der Waals surface area contributed by atoms with Gasteiger partial charge < -0.3 is 4.98 Å². The molecule has 14 heavy (non-hydrogen) atoms. The number of carbonyl (C=O) groups is 1. The summed E-state index contributed by atoms with van der Waals surface area (Å²) in [5, 5.41) is 0. The van der Waals surface area contributed by atoms with E-state index in [-0.39, 0.29) is 5.78 Å². The number of rotatable bonds is 2. The number of halogens is 1. The van der Waals surface area contributed by atoms with Gasteiger partial charge in [-0.3, -0.25) is 4.79 Å². The van der Waals surface area contributed by atoms with Gasteiger partial charge in [0.15, 0.2) is 0 Å². The highest BCUT2D eigenvalue weighted by molar-refractivity contribution is 9.11. The van der Waals surface area contributed by atoms with Crippen molar-refractivity contribution in [1.82, 2.24) is 4.98 Å². The Bertz CT molecular complexity index is 439. The standard InChI is InChI=1S/C10H8BrNOS/c1-6-4-8(14-10(6)11)9(13)7-2-3-12-5-7/h2-5,12H,1H3. The molecule has 0 radical (unpaired) electrons. The molecule has 0 amide bonds. The monoisotopic (exact) mass is 269 g/mol. The van der Waals surface area contributed by atoms with E-state index >= 15 is 0 Å². The van der Waals surface area contributed by atoms with Gasteiger partial charge in [0, 0.05) is 18.0 Å². The normalized spacial score (nSPS) is 10.4. The molecule has 2 nitrogen and oxygen atoms in total. The average molecular weight is 270 g/mol. The second kappa shape index (κ2) is 3.71. The van der Waals surface area contributed by atoms with Crippen molar-refractivity contribution in [2.24, 2.45) is 0 Å². The molecule has 0 saturated carbocycles. The summed E-state index contributed by atoms with van der Waals surface area (Å²) in [7, 11) is 0. The largest absolute Gasteiger partial charge is 0.367 e. The lowest BCUT2D eigenvalue weighted by molar-refractivity contribution is 0.104. The van der Waals surface area contributed by atoms with E-state index in [2.05, 4.69) is 20.9 Å². The summed E-state index contributed by atoms with van der Waals surface area (Å²) in [5.74, 6) is 0.0741. The van der Waals surface area contributed by atoms with Crippen LogP contribution in [0.1, 0.15) is 20.8 Å². The number of carbonyl (C=O) groups excluding carboxylic acids is 1. The van der Waals surface area contributed by atoms with E-state index in [4.69, 9.17) is 0 Å². The lowest BCUT2D eigenvalue weighted by Crippen LogP contribution is -1.95. The fraction of sp³-hybridized carbons (Fsp3) is 0.100. The van der Waals surface area contributed by atoms with Crippen LogP contribution in [-0.4, -0.2) is 10.8 Å². The van der Waals surface area contributed by atoms with Gasteiger partial charge >= 0.3 is 0 Å². The van der Waals surface area contributed by atoms with Gasteiger partial charge in [0.05, 0.1) is 8.66 Å². The van der Waals surface area contributed by atoms with E-state index in [0.29, 0.717) is 5.56 Å². The van der Waals surface area contributed by atoms with Gasteiger partial charge in [-0.1, -0.05) is 0 Å². The molecule has 0 aromatic carbocycles. The minimum atomic E-state index is 0.0741. The topological polar surface area (TPSA) is 32.9 Å². The average Bonchev–Trinajstić information content (AvgIpc) is 2.76. The summed E-state index contributed by atoms with van der Waals surface area (Å²) in [6.45, 7) is 1.98. The number of hydrogen-bond acceptors (Lipinski definition) is 2. The summed E-state index contributed by atoms with van der Waals surface area (Å²) >= 11 is 4.88. The van der Waals surface area contributed by atoms with Crippen LogP contribution in [0, 0.1) is 6.92 Å². The van der Waals surface area contributed by atoms with Gasteiger partial charge in [0.25, 0.3) is 0 Å². The molecule has 0 aliphatic rings. The SMILES string of the molecule is Cc1cc(C(=O)c2cc[nH]c2)sc1Br. The van der Waals surface area contributed by atoms with Crippen LogP contribution in [0.25, 0.3) is 0 Å². The summed E-state index contributed by atoms with van der Waals surface area (Å²) in [5.41, 5.74) is 1.81. The Kier molecular flexibility index (Phi) is 2.56. The molecule has 0 aliphatic carbocycles. The van der Waals surface area contributed by atoms with Crippen molar-refractivity contribution in [3.63, 3.8) is 0 Å². The van der Waals surface area contributed by atoms with Crippen molar-refractivity contribution in [3.05, 3.63) is 44.3 Å². The highest BCUT2D eigenvalue weighted by atomic mass is 79.9. The van der Waals surface area contributed by atoms with Gasteiger partial charge in [-0.15, -0.1) is 11.3 Å². The molecular formula is C10H8BrNOS. The molecule has 0 atom stereocenters. The van der Waals surface area contributed by atoms with Crippen molar-refractivity contribution in [1.29, 1.82) is 0 Å². The van der Waals surface area contributed by atoms with Crippen molar-refractivity contribution >= 4 is 33.0 Å². The molecule has 0 unspecified atom stereocenters. The molecule has 2 aromatic heterocycles. The quantitative estimate of drug-likeness (QED) is 0.834. The van der Waals surface area contributed by atoms with Crippen LogP contribution < -0.4 is 0 Å². The highest BCUT2D eigenvalue weighted by Gasteiger charge is 2.13. The Morgan fingerprint density at radius 1 is 1.57 bits per heavy atom. The molecule has 0 fully saturated rings. The van der Waals surface area contributed by atoms with E-state index in [9.17, 15) is 4.79 Å². The van der Waals surface area contributed by atoms with Crippen molar-refractivity contribution in [2.45, 2.75) is 6.92 Å². The Labute approximate surface area is 94.1 Å². The first-order chi connectivity index (χ1) is 6.68. The van der Waals surface area contributed by atoms with Crippen LogP contribution in [0.3, 0.4) is 0 Å². The first kappa shape index (κ1) is 9.68. The maximum absolute atomic E-state index is 11.8. The molecule has 2 heterocycles. The number of hydrogen-bond donors (Lipinski definition) is 1. The number of aromatic amines is 1. The molecule has 2 aromatic rings. The number of aromatic nitrogens is 1. The van der Waals surface area contributed by atoms with Crippen molar-refractivity contribution in [2.75, 3.05) is 0 Å². The Hall–Kier alpha value is -0.870. The van der Waals surface area contributed by atoms with Crippen molar-refractivity contribution < 1.29 is 4.79 Å². The minimum absolute atomic E-state index is 0.0741. The second-order valence-corrected chi connectivity index (χ2v) is 5.37. The molecule has 0 aliphatic heterocycles. The van der Waals surface area contributed by atoms with E-state index in [1.807, 2.05) is 13.0 Å². The summed E-state index contributed by atoms with van der Waals surface area (Å²) in [6, 6.07) is 3.69. The van der Waals surface area contributed by atoms with Crippen LogP contribution in [0.2, 0.25) is 0 Å². The zero-order valence-electron chi connectivity index (χ0n) is 7.50. The Morgan fingerprint density at radius 2 is 2.36 bits per heavy atom. The van der Waals surface area contributed by atoms with Crippen LogP contribution in [0.5, 0.6) is 0 Å². The number of thiophene rings is 1. The molecule has 2 rings (SSSR count). The van der Waals surface area contributed by atoms with Crippen LogP contribution in [0.15, 0.2) is 28.3 Å². The van der Waals surface area contributed by atoms with E-state index < -0.39 is 0 Å². The Morgan fingerprint density at radius 3 is 2.86 bits per heavy atom. The van der Waals surface area contributed by atoms with Crippen LogP contribution in [0.4, 0.5) is 0 Å². The van der Waals surface area contributed by atoms with Crippen LogP contribution >= 0.6 is 27.3 Å². The van der Waals surface area contributed by atoms with Crippen molar-refractivity contribution in [3.8, 4) is 0 Å². The number of nitrogens with one attached hydrogen (secondary N) is 1. The Balaban J connectivity index is 2.37. The van der Waals surface area contributed by atoms with Gasteiger partial charge in [-0.05, 0) is 40.5 Å². The summed E-state index contributed by atoms with van der Waals surface area (Å²) in [6.07, 6.45) is 3.47. The molecule has 0 saturated heterocycles. The van der Waals surface area contributed by atoms with Gasteiger partial charge in [-0.2, -0.15) is 0 Å². The highest BCUT2D eigenvalue weighted by Crippen LogP contribution is 2.28. The first-order valence-electron chi connectivity index (χ1n) is 4.12. The number of ketones is 1.